The van der Waals surface area contributed by atoms with Gasteiger partial charge in [-0.25, -0.2) is 4.99 Å². The summed E-state index contributed by atoms with van der Waals surface area (Å²) in [5.74, 6) is 2.08. The lowest BCUT2D eigenvalue weighted by molar-refractivity contribution is 0.281. The Morgan fingerprint density at radius 3 is 2.72 bits per heavy atom. The van der Waals surface area contributed by atoms with Crippen LogP contribution in [0.2, 0.25) is 0 Å². The first-order valence-corrected chi connectivity index (χ1v) is 10.3. The number of nitrogens with zero attached hydrogens (tertiary/aromatic N) is 2. The van der Waals surface area contributed by atoms with Crippen molar-refractivity contribution in [3.05, 3.63) is 52.2 Å². The van der Waals surface area contributed by atoms with Crippen molar-refractivity contribution in [1.82, 2.24) is 9.88 Å². The Bertz CT molecular complexity index is 931. The first kappa shape index (κ1) is 22.6. The van der Waals surface area contributed by atoms with E-state index in [1.807, 2.05) is 37.4 Å². The highest BCUT2D eigenvalue weighted by molar-refractivity contribution is 5.83. The topological polar surface area (TPSA) is 84.8 Å². The van der Waals surface area contributed by atoms with Crippen LogP contribution in [0.4, 0.5) is 0 Å². The number of unbranched alkanes of at least 4 members (excludes halogenated alkanes) is 2. The van der Waals surface area contributed by atoms with Gasteiger partial charge in [-0.1, -0.05) is 45.4 Å². The minimum absolute atomic E-state index is 0.0148. The summed E-state index contributed by atoms with van der Waals surface area (Å²) in [5.41, 5.74) is 7.89. The SMILES string of the molecule is C=c1ccn(Cc2ccc(CO)cc2OC)/c1=C(/N=C(/N)CC)NCCCCC. The normalized spacial score (nSPS) is 12.8. The smallest absolute Gasteiger partial charge is 0.152 e. The van der Waals surface area contributed by atoms with Crippen LogP contribution in [-0.2, 0) is 13.2 Å². The molecule has 6 nitrogen and oxygen atoms in total. The first-order chi connectivity index (χ1) is 14.0. The molecule has 0 bridgehead atoms. The fourth-order valence-electron chi connectivity index (χ4n) is 3.12. The Hall–Kier alpha value is -2.73. The lowest BCUT2D eigenvalue weighted by atomic mass is 10.1. The minimum Gasteiger partial charge on any atom is -0.496 e. The maximum Gasteiger partial charge on any atom is 0.152 e. The molecule has 2 aromatic rings. The summed E-state index contributed by atoms with van der Waals surface area (Å²) in [5, 5.41) is 14.7. The van der Waals surface area contributed by atoms with Crippen LogP contribution in [0, 0.1) is 0 Å². The number of rotatable bonds is 11. The first-order valence-electron chi connectivity index (χ1n) is 10.3. The second kappa shape index (κ2) is 11.3. The van der Waals surface area contributed by atoms with Crippen LogP contribution in [0.1, 0.15) is 50.7 Å². The van der Waals surface area contributed by atoms with Crippen LogP contribution in [0.15, 0.2) is 35.5 Å². The van der Waals surface area contributed by atoms with E-state index in [-0.39, 0.29) is 6.61 Å². The van der Waals surface area contributed by atoms with E-state index in [1.165, 1.54) is 6.42 Å². The van der Waals surface area contributed by atoms with Gasteiger partial charge in [-0.15, -0.1) is 0 Å². The molecule has 4 N–H and O–H groups in total. The predicted octanol–water partition coefficient (Wildman–Crippen LogP) is 2.06. The molecule has 6 heteroatoms. The Morgan fingerprint density at radius 2 is 2.07 bits per heavy atom. The molecule has 2 rings (SSSR count). The highest BCUT2D eigenvalue weighted by Gasteiger charge is 2.09. The molecule has 0 spiro atoms. The van der Waals surface area contributed by atoms with E-state index in [4.69, 9.17) is 10.5 Å². The minimum atomic E-state index is -0.0148. The third kappa shape index (κ3) is 6.12. The average Bonchev–Trinajstić information content (AvgIpc) is 3.10. The second-order valence-corrected chi connectivity index (χ2v) is 7.06. The molecule has 0 unspecified atom stereocenters. The largest absolute Gasteiger partial charge is 0.496 e. The zero-order chi connectivity index (χ0) is 21.2. The average molecular weight is 399 g/mol. The number of nitrogens with one attached hydrogen (secondary N) is 1. The molecular weight excluding hydrogens is 364 g/mol. The van der Waals surface area contributed by atoms with Crippen LogP contribution in [0.3, 0.4) is 0 Å². The quantitative estimate of drug-likeness (QED) is 0.307. The number of hydrogen-bond donors (Lipinski definition) is 3. The number of aliphatic hydroxyl groups is 1. The second-order valence-electron chi connectivity index (χ2n) is 7.06. The molecule has 1 heterocycles. The molecule has 0 amide bonds. The third-order valence-corrected chi connectivity index (χ3v) is 4.84. The van der Waals surface area contributed by atoms with Crippen molar-refractivity contribution in [3.63, 3.8) is 0 Å². The molecule has 158 valence electrons. The summed E-state index contributed by atoms with van der Waals surface area (Å²) < 4.78 is 7.64. The van der Waals surface area contributed by atoms with Gasteiger partial charge in [0.1, 0.15) is 11.6 Å². The molecule has 1 aromatic carbocycles. The molecule has 0 fully saturated rings. The molecule has 0 aliphatic carbocycles. The van der Waals surface area contributed by atoms with Gasteiger partial charge < -0.3 is 25.5 Å². The van der Waals surface area contributed by atoms with Crippen LogP contribution in [0.25, 0.3) is 12.4 Å². The summed E-state index contributed by atoms with van der Waals surface area (Å²) in [6, 6.07) is 7.74. The standard InChI is InChI=1S/C23H34N4O2/c1-5-7-8-12-25-23(26-21(24)6-2)22-17(3)11-13-27(22)15-19-10-9-18(16-28)14-20(19)29-4/h9-11,13-14,25,28H,3,5-8,12,15-16H2,1-2,4H3,(H2,24,26)/b23-22+. The molecule has 0 atom stereocenters. The van der Waals surface area contributed by atoms with Gasteiger partial charge in [0.2, 0.25) is 0 Å². The van der Waals surface area contributed by atoms with E-state index >= 15 is 0 Å². The Balaban J connectivity index is 2.49. The maximum atomic E-state index is 9.38. The predicted molar refractivity (Wildman–Crippen MR) is 120 cm³/mol. The van der Waals surface area contributed by atoms with E-state index in [0.717, 1.165) is 52.7 Å². The summed E-state index contributed by atoms with van der Waals surface area (Å²) in [7, 11) is 1.64. The fraction of sp³-hybridized carbons (Fsp3) is 0.435. The zero-order valence-electron chi connectivity index (χ0n) is 17.9. The number of nitrogens with two attached hydrogens (primary N) is 1. The lowest BCUT2D eigenvalue weighted by Crippen LogP contribution is -2.36. The van der Waals surface area contributed by atoms with Gasteiger partial charge in [0, 0.05) is 24.7 Å². The number of amidine groups is 1. The van der Waals surface area contributed by atoms with Crippen LogP contribution >= 0.6 is 0 Å². The maximum absolute atomic E-state index is 9.38. The van der Waals surface area contributed by atoms with Crippen molar-refractivity contribution >= 4 is 18.2 Å². The van der Waals surface area contributed by atoms with Crippen molar-refractivity contribution in [2.75, 3.05) is 13.7 Å². The van der Waals surface area contributed by atoms with Crippen molar-refractivity contribution in [3.8, 4) is 5.75 Å². The number of aromatic nitrogens is 1. The Kier molecular flexibility index (Phi) is 8.80. The van der Waals surface area contributed by atoms with Crippen molar-refractivity contribution in [2.45, 2.75) is 52.7 Å². The van der Waals surface area contributed by atoms with Crippen molar-refractivity contribution in [1.29, 1.82) is 0 Å². The summed E-state index contributed by atoms with van der Waals surface area (Å²) in [6.45, 7) is 9.79. The summed E-state index contributed by atoms with van der Waals surface area (Å²) in [6.07, 6.45) is 6.09. The van der Waals surface area contributed by atoms with Crippen LogP contribution in [-0.4, -0.2) is 29.2 Å². The van der Waals surface area contributed by atoms with Crippen LogP contribution < -0.4 is 26.4 Å². The molecular formula is C23H34N4O2. The van der Waals surface area contributed by atoms with E-state index in [2.05, 4.69) is 28.4 Å². The van der Waals surface area contributed by atoms with Gasteiger partial charge >= 0.3 is 0 Å². The van der Waals surface area contributed by atoms with Gasteiger partial charge in [0.05, 0.1) is 25.6 Å². The number of aliphatic hydroxyl groups excluding tert-OH is 1. The Morgan fingerprint density at radius 1 is 1.28 bits per heavy atom. The Labute approximate surface area is 173 Å². The monoisotopic (exact) mass is 398 g/mol. The van der Waals surface area contributed by atoms with Gasteiger partial charge in [-0.2, -0.15) is 0 Å². The van der Waals surface area contributed by atoms with Crippen LogP contribution in [0.5, 0.6) is 5.75 Å². The number of benzene rings is 1. The van der Waals surface area contributed by atoms with Crippen molar-refractivity contribution in [2.24, 2.45) is 10.7 Å². The third-order valence-electron chi connectivity index (χ3n) is 4.84. The van der Waals surface area contributed by atoms with E-state index in [9.17, 15) is 5.11 Å². The molecule has 0 saturated heterocycles. The number of ether oxygens (including phenoxy) is 1. The molecule has 1 aromatic heterocycles. The van der Waals surface area contributed by atoms with Crippen molar-refractivity contribution < 1.29 is 9.84 Å². The molecule has 0 radical (unpaired) electrons. The molecule has 0 aliphatic rings. The highest BCUT2D eigenvalue weighted by atomic mass is 16.5. The van der Waals surface area contributed by atoms with E-state index < -0.39 is 0 Å². The zero-order valence-corrected chi connectivity index (χ0v) is 17.9. The van der Waals surface area contributed by atoms with Gasteiger partial charge in [0.15, 0.2) is 5.82 Å². The lowest BCUT2D eigenvalue weighted by Gasteiger charge is -2.13. The summed E-state index contributed by atoms with van der Waals surface area (Å²) in [4.78, 5) is 4.64. The summed E-state index contributed by atoms with van der Waals surface area (Å²) >= 11 is 0. The van der Waals surface area contributed by atoms with Gasteiger partial charge in [0.25, 0.3) is 0 Å². The molecule has 0 aliphatic heterocycles. The van der Waals surface area contributed by atoms with Gasteiger partial charge in [-0.05, 0) is 29.3 Å². The van der Waals surface area contributed by atoms with Gasteiger partial charge in [-0.3, -0.25) is 0 Å². The van der Waals surface area contributed by atoms with E-state index in [0.29, 0.717) is 18.8 Å². The highest BCUT2D eigenvalue weighted by Crippen LogP contribution is 2.21. The fourth-order valence-corrected chi connectivity index (χ4v) is 3.12. The molecule has 29 heavy (non-hydrogen) atoms. The number of hydrogen-bond acceptors (Lipinski definition) is 4. The molecule has 0 saturated carbocycles. The number of aliphatic imine (C=N–C) groups is 1. The number of methoxy groups -OCH3 is 1. The van der Waals surface area contributed by atoms with E-state index in [1.54, 1.807) is 7.11 Å².